The lowest BCUT2D eigenvalue weighted by atomic mass is 9.81. The number of epoxide rings is 1. The first-order chi connectivity index (χ1) is 12.4. The minimum atomic E-state index is -0.754. The van der Waals surface area contributed by atoms with Gasteiger partial charge in [-0.05, 0) is 37.0 Å². The van der Waals surface area contributed by atoms with Gasteiger partial charge in [-0.15, -0.1) is 0 Å². The third-order valence-electron chi connectivity index (χ3n) is 6.52. The number of benzene rings is 1. The van der Waals surface area contributed by atoms with E-state index in [0.29, 0.717) is 30.0 Å². The second kappa shape index (κ2) is 5.23. The summed E-state index contributed by atoms with van der Waals surface area (Å²) in [5.41, 5.74) is -1.15. The first kappa shape index (κ1) is 15.7. The molecule has 0 spiro atoms. The average molecular weight is 360 g/mol. The smallest absolute Gasteiger partial charge is 0.338 e. The average Bonchev–Trinajstić information content (AvgIpc) is 3.00. The van der Waals surface area contributed by atoms with Crippen LogP contribution >= 0.6 is 0 Å². The van der Waals surface area contributed by atoms with Gasteiger partial charge in [-0.2, -0.15) is 0 Å². The fourth-order valence-electron chi connectivity index (χ4n) is 5.58. The molecule has 1 saturated heterocycles. The maximum Gasteiger partial charge on any atom is 0.338 e. The van der Waals surface area contributed by atoms with Gasteiger partial charge in [-0.3, -0.25) is 20.2 Å². The van der Waals surface area contributed by atoms with Crippen LogP contribution in [-0.4, -0.2) is 34.1 Å². The molecule has 3 aliphatic carbocycles. The van der Waals surface area contributed by atoms with Crippen LogP contribution < -0.4 is 0 Å². The van der Waals surface area contributed by atoms with E-state index in [1.165, 1.54) is 0 Å². The van der Waals surface area contributed by atoms with Gasteiger partial charge in [0.25, 0.3) is 11.4 Å². The minimum Gasteiger partial charge on any atom is -0.458 e. The second-order valence-electron chi connectivity index (χ2n) is 7.64. The lowest BCUT2D eigenvalue weighted by Crippen LogP contribution is -2.32. The molecule has 0 aromatic heterocycles. The van der Waals surface area contributed by atoms with Crippen molar-refractivity contribution in [2.24, 2.45) is 23.7 Å². The number of esters is 1. The quantitative estimate of drug-likeness (QED) is 0.349. The molecule has 0 N–H and O–H groups in total. The molecule has 0 amide bonds. The monoisotopic (exact) mass is 360 g/mol. The summed E-state index contributed by atoms with van der Waals surface area (Å²) in [5.74, 6) is 1.05. The van der Waals surface area contributed by atoms with Crippen molar-refractivity contribution in [3.63, 3.8) is 0 Å². The molecule has 5 rings (SSSR count). The van der Waals surface area contributed by atoms with E-state index in [9.17, 15) is 25.0 Å². The molecule has 7 atom stereocenters. The Kier molecular flexibility index (Phi) is 3.15. The Morgan fingerprint density at radius 3 is 2.31 bits per heavy atom. The predicted octanol–water partition coefficient (Wildman–Crippen LogP) is 2.47. The summed E-state index contributed by atoms with van der Waals surface area (Å²) in [6, 6.07) is 2.90. The summed E-state index contributed by atoms with van der Waals surface area (Å²) < 4.78 is 11.4. The normalized spacial score (nSPS) is 38.5. The van der Waals surface area contributed by atoms with Crippen molar-refractivity contribution >= 4 is 17.3 Å². The van der Waals surface area contributed by atoms with Gasteiger partial charge in [0.1, 0.15) is 6.10 Å². The van der Waals surface area contributed by atoms with Crippen LogP contribution in [0.2, 0.25) is 0 Å². The van der Waals surface area contributed by atoms with E-state index in [0.717, 1.165) is 37.5 Å². The molecular weight excluding hydrogens is 344 g/mol. The number of carbonyl (C=O) groups is 1. The van der Waals surface area contributed by atoms with Gasteiger partial charge in [0.2, 0.25) is 0 Å². The molecule has 1 heterocycles. The van der Waals surface area contributed by atoms with E-state index >= 15 is 0 Å². The Morgan fingerprint density at radius 2 is 1.65 bits per heavy atom. The van der Waals surface area contributed by atoms with Crippen LogP contribution in [0, 0.1) is 43.9 Å². The van der Waals surface area contributed by atoms with Gasteiger partial charge in [0.05, 0.1) is 33.7 Å². The highest BCUT2D eigenvalue weighted by Gasteiger charge is 2.70. The Balaban J connectivity index is 1.37. The van der Waals surface area contributed by atoms with Crippen LogP contribution in [0.1, 0.15) is 29.6 Å². The standard InChI is InChI=1S/C17H16N2O7/c20-17(7-3-8(18(21)22)5-9(4-7)19(23)24)25-13-2-1-10-11-6-12(14(10)13)16-15(11)26-16/h3-5,10-16H,1-2,6H2/t10-,11-,12+,13-,14-,15-,16+/m0/s1. The zero-order chi connectivity index (χ0) is 18.2. The molecular formula is C17H16N2O7. The lowest BCUT2D eigenvalue weighted by Gasteiger charge is -2.26. The van der Waals surface area contributed by atoms with Gasteiger partial charge in [-0.25, -0.2) is 4.79 Å². The number of hydrogen-bond acceptors (Lipinski definition) is 7. The number of carbonyl (C=O) groups excluding carboxylic acids is 1. The molecule has 2 bridgehead atoms. The first-order valence-corrected chi connectivity index (χ1v) is 8.74. The van der Waals surface area contributed by atoms with Crippen LogP contribution in [0.25, 0.3) is 0 Å². The van der Waals surface area contributed by atoms with Gasteiger partial charge in [-0.1, -0.05) is 0 Å². The minimum absolute atomic E-state index is 0.155. The number of fused-ring (bicyclic) bond motifs is 8. The second-order valence-corrected chi connectivity index (χ2v) is 7.64. The molecule has 4 aliphatic rings. The van der Waals surface area contributed by atoms with E-state index in [1.54, 1.807) is 0 Å². The molecule has 0 unspecified atom stereocenters. The number of rotatable bonds is 4. The highest BCUT2D eigenvalue weighted by molar-refractivity contribution is 5.91. The molecule has 9 heteroatoms. The van der Waals surface area contributed by atoms with Crippen LogP contribution in [0.3, 0.4) is 0 Å². The third kappa shape index (κ3) is 2.16. The van der Waals surface area contributed by atoms with Gasteiger partial charge in [0.15, 0.2) is 0 Å². The highest BCUT2D eigenvalue weighted by atomic mass is 16.6. The number of nitrogens with zero attached hydrogens (tertiary/aromatic N) is 2. The highest BCUT2D eigenvalue weighted by Crippen LogP contribution is 2.66. The van der Waals surface area contributed by atoms with E-state index < -0.39 is 27.2 Å². The maximum atomic E-state index is 12.5. The zero-order valence-corrected chi connectivity index (χ0v) is 13.6. The van der Waals surface area contributed by atoms with Crippen LogP contribution in [0.4, 0.5) is 11.4 Å². The molecule has 4 fully saturated rings. The summed E-state index contributed by atoms with van der Waals surface area (Å²) in [4.78, 5) is 33.0. The Hall–Kier alpha value is -2.55. The fourth-order valence-corrected chi connectivity index (χ4v) is 5.58. The Bertz CT molecular complexity index is 806. The van der Waals surface area contributed by atoms with Crippen molar-refractivity contribution in [1.82, 2.24) is 0 Å². The summed E-state index contributed by atoms with van der Waals surface area (Å²) in [7, 11) is 0. The number of non-ortho nitro benzene ring substituents is 2. The predicted molar refractivity (Wildman–Crippen MR) is 85.4 cm³/mol. The van der Waals surface area contributed by atoms with Crippen molar-refractivity contribution in [1.29, 1.82) is 0 Å². The zero-order valence-electron chi connectivity index (χ0n) is 13.6. The van der Waals surface area contributed by atoms with E-state index in [-0.39, 0.29) is 17.6 Å². The molecule has 1 aliphatic heterocycles. The van der Waals surface area contributed by atoms with Gasteiger partial charge < -0.3 is 9.47 Å². The number of ether oxygens (including phenoxy) is 2. The van der Waals surface area contributed by atoms with Gasteiger partial charge in [0, 0.05) is 18.1 Å². The lowest BCUT2D eigenvalue weighted by molar-refractivity contribution is -0.394. The van der Waals surface area contributed by atoms with Crippen molar-refractivity contribution in [3.05, 3.63) is 44.0 Å². The summed E-state index contributed by atoms with van der Waals surface area (Å²) in [6.45, 7) is 0. The SMILES string of the molecule is O=C(O[C@H]1CC[C@H]2[C@@H]3C[C@@H]([C@H]4O[C@@H]34)[C@H]21)c1cc([N+](=O)[O-])cc([N+](=O)[O-])c1. The van der Waals surface area contributed by atoms with Crippen LogP contribution in [0.5, 0.6) is 0 Å². The van der Waals surface area contributed by atoms with Crippen LogP contribution in [-0.2, 0) is 9.47 Å². The summed E-state index contributed by atoms with van der Waals surface area (Å²) >= 11 is 0. The van der Waals surface area contributed by atoms with Crippen LogP contribution in [0.15, 0.2) is 18.2 Å². The van der Waals surface area contributed by atoms with Gasteiger partial charge >= 0.3 is 5.97 Å². The third-order valence-corrected chi connectivity index (χ3v) is 6.52. The fraction of sp³-hybridized carbons (Fsp3) is 0.588. The molecule has 136 valence electrons. The Labute approximate surface area is 147 Å². The Morgan fingerprint density at radius 1 is 1.00 bits per heavy atom. The summed E-state index contributed by atoms with van der Waals surface area (Å²) in [5, 5.41) is 22.0. The maximum absolute atomic E-state index is 12.5. The molecule has 26 heavy (non-hydrogen) atoms. The molecule has 1 aromatic carbocycles. The van der Waals surface area contributed by atoms with Crippen molar-refractivity contribution in [2.45, 2.75) is 37.6 Å². The van der Waals surface area contributed by atoms with E-state index in [1.807, 2.05) is 0 Å². The summed E-state index contributed by atoms with van der Waals surface area (Å²) in [6.07, 6.45) is 3.34. The number of nitro benzene ring substituents is 2. The van der Waals surface area contributed by atoms with Crippen molar-refractivity contribution in [2.75, 3.05) is 0 Å². The van der Waals surface area contributed by atoms with Crippen molar-refractivity contribution in [3.8, 4) is 0 Å². The number of hydrogen-bond donors (Lipinski definition) is 0. The largest absolute Gasteiger partial charge is 0.458 e. The molecule has 3 saturated carbocycles. The molecule has 9 nitrogen and oxygen atoms in total. The topological polar surface area (TPSA) is 125 Å². The first-order valence-electron chi connectivity index (χ1n) is 8.74. The molecule has 0 radical (unpaired) electrons. The number of nitro groups is 2. The van der Waals surface area contributed by atoms with Crippen molar-refractivity contribution < 1.29 is 24.1 Å². The van der Waals surface area contributed by atoms with E-state index in [4.69, 9.17) is 9.47 Å². The molecule has 1 aromatic rings. The van der Waals surface area contributed by atoms with E-state index in [2.05, 4.69) is 0 Å².